The second-order valence-electron chi connectivity index (χ2n) is 4.80. The standard InChI is InChI=1S/C16H15ClFN3O2/c1-2-5-20-15(22)10-6-11(9-19-8-10)16(23)21-12-3-4-14(18)13(17)7-12/h3-4,6-9H,2,5H2,1H3,(H,20,22)(H,21,23). The van der Waals surface area contributed by atoms with Crippen molar-refractivity contribution in [2.24, 2.45) is 0 Å². The van der Waals surface area contributed by atoms with Crippen molar-refractivity contribution in [3.8, 4) is 0 Å². The Labute approximate surface area is 137 Å². The number of anilines is 1. The minimum absolute atomic E-state index is 0.0892. The predicted octanol–water partition coefficient (Wildman–Crippen LogP) is 3.27. The summed E-state index contributed by atoms with van der Waals surface area (Å²) in [6.45, 7) is 2.49. The van der Waals surface area contributed by atoms with Crippen LogP contribution in [0.5, 0.6) is 0 Å². The smallest absolute Gasteiger partial charge is 0.257 e. The van der Waals surface area contributed by atoms with Crippen LogP contribution in [0, 0.1) is 5.82 Å². The number of nitrogens with zero attached hydrogens (tertiary/aromatic N) is 1. The summed E-state index contributed by atoms with van der Waals surface area (Å²) in [6, 6.07) is 5.30. The number of benzene rings is 1. The fourth-order valence-corrected chi connectivity index (χ4v) is 1.99. The van der Waals surface area contributed by atoms with Crippen LogP contribution in [0.25, 0.3) is 0 Å². The van der Waals surface area contributed by atoms with Gasteiger partial charge in [-0.25, -0.2) is 4.39 Å². The molecule has 0 radical (unpaired) electrons. The summed E-state index contributed by atoms with van der Waals surface area (Å²) in [6.07, 6.45) is 3.54. The number of aromatic nitrogens is 1. The van der Waals surface area contributed by atoms with E-state index in [1.54, 1.807) is 0 Å². The van der Waals surface area contributed by atoms with Crippen LogP contribution in [0.15, 0.2) is 36.7 Å². The summed E-state index contributed by atoms with van der Waals surface area (Å²) in [4.78, 5) is 28.0. The number of pyridine rings is 1. The Kier molecular flexibility index (Phi) is 5.65. The highest BCUT2D eigenvalue weighted by Crippen LogP contribution is 2.20. The minimum Gasteiger partial charge on any atom is -0.352 e. The van der Waals surface area contributed by atoms with Gasteiger partial charge >= 0.3 is 0 Å². The molecule has 120 valence electrons. The maximum Gasteiger partial charge on any atom is 0.257 e. The summed E-state index contributed by atoms with van der Waals surface area (Å²) in [5, 5.41) is 5.19. The predicted molar refractivity (Wildman–Crippen MR) is 86.2 cm³/mol. The number of carbonyl (C=O) groups is 2. The van der Waals surface area contributed by atoms with Crippen molar-refractivity contribution < 1.29 is 14.0 Å². The fraction of sp³-hybridized carbons (Fsp3) is 0.188. The number of rotatable bonds is 5. The van der Waals surface area contributed by atoms with E-state index in [4.69, 9.17) is 11.6 Å². The largest absolute Gasteiger partial charge is 0.352 e. The van der Waals surface area contributed by atoms with Gasteiger partial charge in [-0.05, 0) is 30.7 Å². The summed E-state index contributed by atoms with van der Waals surface area (Å²) < 4.78 is 13.1. The zero-order valence-electron chi connectivity index (χ0n) is 12.4. The lowest BCUT2D eigenvalue weighted by Gasteiger charge is -2.07. The molecule has 0 bridgehead atoms. The molecule has 0 aliphatic heterocycles. The molecule has 23 heavy (non-hydrogen) atoms. The Morgan fingerprint density at radius 1 is 1.17 bits per heavy atom. The van der Waals surface area contributed by atoms with E-state index in [1.807, 2.05) is 6.92 Å². The Morgan fingerprint density at radius 3 is 2.52 bits per heavy atom. The van der Waals surface area contributed by atoms with E-state index in [-0.39, 0.29) is 16.5 Å². The van der Waals surface area contributed by atoms with Crippen LogP contribution in [0.1, 0.15) is 34.1 Å². The molecule has 2 aromatic rings. The molecular weight excluding hydrogens is 321 g/mol. The lowest BCUT2D eigenvalue weighted by atomic mass is 10.1. The van der Waals surface area contributed by atoms with E-state index in [1.165, 1.54) is 30.6 Å². The molecule has 0 aliphatic carbocycles. The van der Waals surface area contributed by atoms with Gasteiger partial charge in [0, 0.05) is 24.6 Å². The van der Waals surface area contributed by atoms with Gasteiger partial charge in [0.05, 0.1) is 16.1 Å². The van der Waals surface area contributed by atoms with Gasteiger partial charge in [0.15, 0.2) is 0 Å². The number of hydrogen-bond acceptors (Lipinski definition) is 3. The molecule has 1 aromatic heterocycles. The number of nitrogens with one attached hydrogen (secondary N) is 2. The quantitative estimate of drug-likeness (QED) is 0.881. The van der Waals surface area contributed by atoms with Crippen molar-refractivity contribution in [1.29, 1.82) is 0 Å². The summed E-state index contributed by atoms with van der Waals surface area (Å²) in [5.41, 5.74) is 0.861. The van der Waals surface area contributed by atoms with Crippen LogP contribution in [0.4, 0.5) is 10.1 Å². The SMILES string of the molecule is CCCNC(=O)c1cncc(C(=O)Nc2ccc(F)c(Cl)c2)c1. The number of hydrogen-bond donors (Lipinski definition) is 2. The average Bonchev–Trinajstić information content (AvgIpc) is 2.56. The monoisotopic (exact) mass is 335 g/mol. The van der Waals surface area contributed by atoms with E-state index < -0.39 is 11.7 Å². The topological polar surface area (TPSA) is 71.1 Å². The van der Waals surface area contributed by atoms with Crippen molar-refractivity contribution in [1.82, 2.24) is 10.3 Å². The summed E-state index contributed by atoms with van der Waals surface area (Å²) in [5.74, 6) is -1.33. The minimum atomic E-state index is -0.569. The van der Waals surface area contributed by atoms with E-state index in [9.17, 15) is 14.0 Å². The molecule has 0 spiro atoms. The van der Waals surface area contributed by atoms with Crippen molar-refractivity contribution in [3.05, 3.63) is 58.6 Å². The van der Waals surface area contributed by atoms with Crippen molar-refractivity contribution >= 4 is 29.1 Å². The Bertz CT molecular complexity index is 737. The summed E-state index contributed by atoms with van der Waals surface area (Å²) in [7, 11) is 0. The van der Waals surface area contributed by atoms with Crippen LogP contribution in [-0.2, 0) is 0 Å². The molecule has 0 aliphatic rings. The van der Waals surface area contributed by atoms with Gasteiger partial charge in [0.25, 0.3) is 11.8 Å². The molecule has 2 rings (SSSR count). The average molecular weight is 336 g/mol. The molecule has 0 unspecified atom stereocenters. The molecule has 2 amide bonds. The first-order valence-corrected chi connectivity index (χ1v) is 7.38. The van der Waals surface area contributed by atoms with Gasteiger partial charge in [0.1, 0.15) is 5.82 Å². The zero-order valence-corrected chi connectivity index (χ0v) is 13.2. The van der Waals surface area contributed by atoms with E-state index in [0.29, 0.717) is 17.8 Å². The Balaban J connectivity index is 2.13. The second-order valence-corrected chi connectivity index (χ2v) is 5.21. The molecule has 0 saturated heterocycles. The van der Waals surface area contributed by atoms with Crippen LogP contribution in [0.3, 0.4) is 0 Å². The number of carbonyl (C=O) groups excluding carboxylic acids is 2. The van der Waals surface area contributed by atoms with E-state index >= 15 is 0 Å². The van der Waals surface area contributed by atoms with Gasteiger partial charge in [-0.2, -0.15) is 0 Å². The zero-order chi connectivity index (χ0) is 16.8. The van der Waals surface area contributed by atoms with Crippen molar-refractivity contribution in [2.45, 2.75) is 13.3 Å². The molecule has 1 heterocycles. The molecule has 0 fully saturated rings. The lowest BCUT2D eigenvalue weighted by molar-refractivity contribution is 0.0953. The first-order chi connectivity index (χ1) is 11.0. The first-order valence-electron chi connectivity index (χ1n) is 7.01. The first kappa shape index (κ1) is 16.9. The van der Waals surface area contributed by atoms with Gasteiger partial charge in [-0.15, -0.1) is 0 Å². The maximum absolute atomic E-state index is 13.1. The van der Waals surface area contributed by atoms with Gasteiger partial charge < -0.3 is 10.6 Å². The third-order valence-electron chi connectivity index (χ3n) is 2.98. The van der Waals surface area contributed by atoms with E-state index in [0.717, 1.165) is 12.5 Å². The van der Waals surface area contributed by atoms with Crippen molar-refractivity contribution in [3.63, 3.8) is 0 Å². The third-order valence-corrected chi connectivity index (χ3v) is 3.27. The van der Waals surface area contributed by atoms with Gasteiger partial charge in [-0.3, -0.25) is 14.6 Å². The van der Waals surface area contributed by atoms with E-state index in [2.05, 4.69) is 15.6 Å². The molecule has 2 N–H and O–H groups in total. The summed E-state index contributed by atoms with van der Waals surface area (Å²) >= 11 is 5.67. The second kappa shape index (κ2) is 7.69. The molecule has 1 aromatic carbocycles. The normalized spacial score (nSPS) is 10.2. The highest BCUT2D eigenvalue weighted by molar-refractivity contribution is 6.31. The Hall–Kier alpha value is -2.47. The highest BCUT2D eigenvalue weighted by atomic mass is 35.5. The molecule has 7 heteroatoms. The number of amides is 2. The fourth-order valence-electron chi connectivity index (χ4n) is 1.81. The van der Waals surface area contributed by atoms with Gasteiger partial charge in [-0.1, -0.05) is 18.5 Å². The molecule has 0 saturated carbocycles. The third kappa shape index (κ3) is 4.50. The highest BCUT2D eigenvalue weighted by Gasteiger charge is 2.12. The van der Waals surface area contributed by atoms with Crippen LogP contribution in [-0.4, -0.2) is 23.3 Å². The molecule has 0 atom stereocenters. The Morgan fingerprint density at radius 2 is 1.87 bits per heavy atom. The number of halogens is 2. The van der Waals surface area contributed by atoms with Crippen LogP contribution < -0.4 is 10.6 Å². The van der Waals surface area contributed by atoms with Crippen molar-refractivity contribution in [2.75, 3.05) is 11.9 Å². The molecule has 5 nitrogen and oxygen atoms in total. The van der Waals surface area contributed by atoms with Gasteiger partial charge in [0.2, 0.25) is 0 Å². The van der Waals surface area contributed by atoms with Crippen LogP contribution >= 0.6 is 11.6 Å². The maximum atomic E-state index is 13.1. The lowest BCUT2D eigenvalue weighted by Crippen LogP contribution is -2.24. The molecular formula is C16H15ClFN3O2. The van der Waals surface area contributed by atoms with Crippen LogP contribution in [0.2, 0.25) is 5.02 Å².